The van der Waals surface area contributed by atoms with Crippen LogP contribution in [0.4, 0.5) is 14.6 Å². The Morgan fingerprint density at radius 3 is 2.38 bits per heavy atom. The summed E-state index contributed by atoms with van der Waals surface area (Å²) >= 11 is 3.36. The highest BCUT2D eigenvalue weighted by atomic mass is 79.9. The Bertz CT molecular complexity index is 940. The first-order valence-corrected chi connectivity index (χ1v) is 8.86. The Balaban J connectivity index is 2.24. The summed E-state index contributed by atoms with van der Waals surface area (Å²) in [7, 11) is 0. The second-order valence-corrected chi connectivity index (χ2v) is 7.10. The summed E-state index contributed by atoms with van der Waals surface area (Å²) in [6, 6.07) is 11.9. The summed E-state index contributed by atoms with van der Waals surface area (Å²) in [5.74, 6) is -0.816. The van der Waals surface area contributed by atoms with E-state index in [0.717, 1.165) is 4.47 Å². The van der Waals surface area contributed by atoms with E-state index in [0.29, 0.717) is 22.6 Å². The number of phenolic OH excluding ortho intramolecular Hbond substituents is 1. The number of rotatable bonds is 4. The summed E-state index contributed by atoms with van der Waals surface area (Å²) < 4.78 is 29.3. The lowest BCUT2D eigenvalue weighted by Crippen LogP contribution is -2.11. The molecule has 3 aromatic rings. The van der Waals surface area contributed by atoms with Crippen molar-refractivity contribution < 1.29 is 13.9 Å². The van der Waals surface area contributed by atoms with Crippen molar-refractivity contribution in [3.63, 3.8) is 0 Å². The number of benzene rings is 2. The van der Waals surface area contributed by atoms with Gasteiger partial charge in [0.05, 0.1) is 11.3 Å². The Morgan fingerprint density at radius 2 is 1.73 bits per heavy atom. The minimum absolute atomic E-state index is 0.0300. The Labute approximate surface area is 158 Å². The minimum atomic E-state index is -0.656. The van der Waals surface area contributed by atoms with E-state index in [1.807, 2.05) is 13.8 Å². The molecule has 0 amide bonds. The van der Waals surface area contributed by atoms with Gasteiger partial charge >= 0.3 is 0 Å². The zero-order valence-electron chi connectivity index (χ0n) is 14.2. The van der Waals surface area contributed by atoms with E-state index in [9.17, 15) is 13.9 Å². The number of halogens is 3. The zero-order valence-corrected chi connectivity index (χ0v) is 15.8. The van der Waals surface area contributed by atoms with Crippen LogP contribution in [0.15, 0.2) is 53.0 Å². The van der Waals surface area contributed by atoms with Crippen LogP contribution in [0.1, 0.15) is 13.8 Å². The lowest BCUT2D eigenvalue weighted by molar-refractivity contribution is 0.477. The maximum absolute atomic E-state index is 14.3. The molecule has 0 aliphatic carbocycles. The molecular formula is C20H17BrF2N2O. The molecule has 2 N–H and O–H groups in total. The van der Waals surface area contributed by atoms with Crippen LogP contribution in [-0.2, 0) is 0 Å². The number of nitrogens with zero attached hydrogens (tertiary/aromatic N) is 1. The third kappa shape index (κ3) is 3.85. The van der Waals surface area contributed by atoms with Crippen LogP contribution in [-0.4, -0.2) is 16.1 Å². The van der Waals surface area contributed by atoms with Crippen LogP contribution in [0, 0.1) is 11.6 Å². The van der Waals surface area contributed by atoms with Crippen molar-refractivity contribution >= 4 is 21.7 Å². The second kappa shape index (κ2) is 7.41. The summed E-state index contributed by atoms with van der Waals surface area (Å²) in [4.78, 5) is 4.49. The Morgan fingerprint density at radius 1 is 1.04 bits per heavy atom. The summed E-state index contributed by atoms with van der Waals surface area (Å²) in [6.45, 7) is 3.88. The standard InChI is InChI=1S/C20H17BrF2N2O/c1-11(2)24-19-9-12(20-15(22)4-3-5-16(20)23)8-17(25-19)14-10-13(21)6-7-18(14)26/h3-11,26H,1-2H3,(H,24,25). The average molecular weight is 419 g/mol. The molecule has 0 saturated carbocycles. The number of hydrogen-bond donors (Lipinski definition) is 2. The van der Waals surface area contributed by atoms with Gasteiger partial charge in [-0.15, -0.1) is 0 Å². The number of phenols is 1. The van der Waals surface area contributed by atoms with Crippen LogP contribution in [0.3, 0.4) is 0 Å². The molecular weight excluding hydrogens is 402 g/mol. The molecule has 2 aromatic carbocycles. The van der Waals surface area contributed by atoms with E-state index < -0.39 is 11.6 Å². The fourth-order valence-electron chi connectivity index (χ4n) is 2.67. The molecule has 0 aliphatic heterocycles. The van der Waals surface area contributed by atoms with E-state index in [1.54, 1.807) is 24.3 Å². The Kier molecular flexibility index (Phi) is 5.23. The van der Waals surface area contributed by atoms with E-state index in [-0.39, 0.29) is 17.4 Å². The molecule has 1 aromatic heterocycles. The summed E-state index contributed by atoms with van der Waals surface area (Å²) in [5, 5.41) is 13.4. The predicted molar refractivity (Wildman–Crippen MR) is 103 cm³/mol. The Hall–Kier alpha value is -2.47. The van der Waals surface area contributed by atoms with E-state index in [4.69, 9.17) is 0 Å². The monoisotopic (exact) mass is 418 g/mol. The topological polar surface area (TPSA) is 45.1 Å². The molecule has 0 bridgehead atoms. The van der Waals surface area contributed by atoms with Crippen molar-refractivity contribution in [1.29, 1.82) is 0 Å². The highest BCUT2D eigenvalue weighted by molar-refractivity contribution is 9.10. The molecule has 134 valence electrons. The van der Waals surface area contributed by atoms with E-state index in [1.165, 1.54) is 24.3 Å². The molecule has 0 saturated heterocycles. The van der Waals surface area contributed by atoms with Crippen LogP contribution >= 0.6 is 15.9 Å². The number of aromatic hydroxyl groups is 1. The summed E-state index contributed by atoms with van der Waals surface area (Å²) in [5.41, 5.74) is 1.09. The summed E-state index contributed by atoms with van der Waals surface area (Å²) in [6.07, 6.45) is 0. The molecule has 0 spiro atoms. The van der Waals surface area contributed by atoms with Crippen LogP contribution in [0.25, 0.3) is 22.4 Å². The highest BCUT2D eigenvalue weighted by Crippen LogP contribution is 2.35. The van der Waals surface area contributed by atoms with Crippen molar-refractivity contribution in [2.45, 2.75) is 19.9 Å². The molecule has 26 heavy (non-hydrogen) atoms. The van der Waals surface area contributed by atoms with Gasteiger partial charge in [0.15, 0.2) is 0 Å². The lowest BCUT2D eigenvalue weighted by Gasteiger charge is -2.15. The normalized spacial score (nSPS) is 11.0. The van der Waals surface area contributed by atoms with Crippen LogP contribution in [0.5, 0.6) is 5.75 Å². The number of pyridine rings is 1. The van der Waals surface area contributed by atoms with Gasteiger partial charge in [0.2, 0.25) is 0 Å². The van der Waals surface area contributed by atoms with E-state index in [2.05, 4.69) is 26.2 Å². The first kappa shape index (κ1) is 18.3. The van der Waals surface area contributed by atoms with Gasteiger partial charge in [0, 0.05) is 16.1 Å². The largest absolute Gasteiger partial charge is 0.507 e. The maximum Gasteiger partial charge on any atom is 0.133 e. The van der Waals surface area contributed by atoms with Crippen molar-refractivity contribution in [3.05, 3.63) is 64.6 Å². The first-order valence-electron chi connectivity index (χ1n) is 8.07. The predicted octanol–water partition coefficient (Wildman–Crippen LogP) is 5.98. The van der Waals surface area contributed by atoms with Gasteiger partial charge in [0.25, 0.3) is 0 Å². The van der Waals surface area contributed by atoms with Gasteiger partial charge in [-0.25, -0.2) is 13.8 Å². The van der Waals surface area contributed by atoms with E-state index >= 15 is 0 Å². The maximum atomic E-state index is 14.3. The van der Waals surface area contributed by atoms with Gasteiger partial charge in [-0.1, -0.05) is 22.0 Å². The van der Waals surface area contributed by atoms with Gasteiger partial charge in [-0.3, -0.25) is 0 Å². The number of hydrogen-bond acceptors (Lipinski definition) is 3. The molecule has 6 heteroatoms. The molecule has 3 nitrogen and oxygen atoms in total. The number of nitrogens with one attached hydrogen (secondary N) is 1. The first-order chi connectivity index (χ1) is 12.3. The number of anilines is 1. The quantitative estimate of drug-likeness (QED) is 0.547. The highest BCUT2D eigenvalue weighted by Gasteiger charge is 2.16. The van der Waals surface area contributed by atoms with Gasteiger partial charge in [-0.05, 0) is 61.9 Å². The zero-order chi connectivity index (χ0) is 18.8. The fraction of sp³-hybridized carbons (Fsp3) is 0.150. The van der Waals surface area contributed by atoms with Crippen molar-refractivity contribution in [3.8, 4) is 28.1 Å². The van der Waals surface area contributed by atoms with Crippen molar-refractivity contribution in [1.82, 2.24) is 4.98 Å². The third-order valence-corrected chi connectivity index (χ3v) is 4.24. The SMILES string of the molecule is CC(C)Nc1cc(-c2c(F)cccc2F)cc(-c2cc(Br)ccc2O)n1. The third-order valence-electron chi connectivity index (χ3n) is 3.75. The molecule has 0 atom stereocenters. The fourth-order valence-corrected chi connectivity index (χ4v) is 3.03. The minimum Gasteiger partial charge on any atom is -0.507 e. The molecule has 0 unspecified atom stereocenters. The van der Waals surface area contributed by atoms with Crippen molar-refractivity contribution in [2.75, 3.05) is 5.32 Å². The van der Waals surface area contributed by atoms with Gasteiger partial charge in [-0.2, -0.15) is 0 Å². The number of aromatic nitrogens is 1. The second-order valence-electron chi connectivity index (χ2n) is 6.18. The van der Waals surface area contributed by atoms with Crippen LogP contribution in [0.2, 0.25) is 0 Å². The van der Waals surface area contributed by atoms with Gasteiger partial charge in [0.1, 0.15) is 23.2 Å². The van der Waals surface area contributed by atoms with Crippen molar-refractivity contribution in [2.24, 2.45) is 0 Å². The molecule has 0 radical (unpaired) electrons. The van der Waals surface area contributed by atoms with Gasteiger partial charge < -0.3 is 10.4 Å². The molecule has 1 heterocycles. The van der Waals surface area contributed by atoms with Crippen LogP contribution < -0.4 is 5.32 Å². The smallest absolute Gasteiger partial charge is 0.133 e. The molecule has 0 fully saturated rings. The molecule has 0 aliphatic rings. The lowest BCUT2D eigenvalue weighted by atomic mass is 10.0. The average Bonchev–Trinajstić information content (AvgIpc) is 2.56. The molecule has 3 rings (SSSR count).